The molecule has 9 rings (SSSR count). The SMILES string of the molecule is Bc1c(B)c(B)c(-c2cc(-c3c(B)c(B)c(B)c(B)c3B)cc(-c3c4c(B)c(B)c(B)c(B)c4c(-c4ccc(-n5c(CC)nc6ccccc65)cc4)c4c(B)c(B)c(B)c(B)c34)c2)c(B)c1B. The number of benzene rings is 8. The molecular formula is C47H52B18N2. The Hall–Kier alpha value is -5.08. The summed E-state index contributed by atoms with van der Waals surface area (Å²) < 4.78 is 2.34. The first-order valence-corrected chi connectivity index (χ1v) is 24.6. The third-order valence-electron chi connectivity index (χ3n) is 17.5. The van der Waals surface area contributed by atoms with Gasteiger partial charge in [0.05, 0.1) is 11.0 Å². The van der Waals surface area contributed by atoms with Gasteiger partial charge in [-0.25, -0.2) is 4.98 Å². The van der Waals surface area contributed by atoms with Gasteiger partial charge in [0.25, 0.3) is 0 Å². The minimum atomic E-state index is 0.856. The highest BCUT2D eigenvalue weighted by Gasteiger charge is 2.27. The maximum absolute atomic E-state index is 5.04. The van der Waals surface area contributed by atoms with Crippen LogP contribution in [0.5, 0.6) is 0 Å². The Bertz CT molecular complexity index is 3430. The molecule has 0 fully saturated rings. The number of nitrogens with zero attached hydrogens (tertiary/aromatic N) is 2. The van der Waals surface area contributed by atoms with Crippen LogP contribution in [-0.2, 0) is 6.42 Å². The van der Waals surface area contributed by atoms with Crippen LogP contribution >= 0.6 is 0 Å². The summed E-state index contributed by atoms with van der Waals surface area (Å²) in [5.74, 6) is 1.08. The molecule has 1 heterocycles. The molecule has 1 aromatic heterocycles. The van der Waals surface area contributed by atoms with Gasteiger partial charge in [-0.05, 0) is 109 Å². The van der Waals surface area contributed by atoms with E-state index in [1.54, 1.807) is 0 Å². The first kappa shape index (κ1) is 47.0. The average Bonchev–Trinajstić information content (AvgIpc) is 3.71. The van der Waals surface area contributed by atoms with Crippen LogP contribution in [0.15, 0.2) is 66.7 Å². The lowest BCUT2D eigenvalue weighted by Crippen LogP contribution is -2.55. The van der Waals surface area contributed by atoms with E-state index >= 15 is 0 Å². The Labute approximate surface area is 415 Å². The number of hydrogen-bond acceptors (Lipinski definition) is 1. The van der Waals surface area contributed by atoms with E-state index in [2.05, 4.69) is 219 Å². The van der Waals surface area contributed by atoms with Crippen LogP contribution in [0.25, 0.3) is 82.8 Å². The zero-order valence-electron chi connectivity index (χ0n) is 44.0. The molecule has 8 aromatic carbocycles. The Morgan fingerprint density at radius 2 is 0.657 bits per heavy atom. The Kier molecular flexibility index (Phi) is 12.0. The minimum absolute atomic E-state index is 0.856. The topological polar surface area (TPSA) is 17.8 Å². The average molecular weight is 840 g/mol. The molecule has 0 aliphatic heterocycles. The molecule has 0 atom stereocenters. The van der Waals surface area contributed by atoms with Crippen molar-refractivity contribution in [2.75, 3.05) is 0 Å². The summed E-state index contributed by atoms with van der Waals surface area (Å²) in [7, 11) is 42.1. The minimum Gasteiger partial charge on any atom is -0.296 e. The van der Waals surface area contributed by atoms with Gasteiger partial charge in [-0.2, -0.15) is 0 Å². The van der Waals surface area contributed by atoms with Gasteiger partial charge in [-0.3, -0.25) is 4.57 Å². The van der Waals surface area contributed by atoms with Crippen molar-refractivity contribution in [3.63, 3.8) is 0 Å². The number of hydrogen-bond donors (Lipinski definition) is 0. The molecule has 0 spiro atoms. The van der Waals surface area contributed by atoms with Gasteiger partial charge in [0.1, 0.15) is 147 Å². The standard InChI is InChI=1S/C47H52B18N2/c1-2-21-66-19-5-3-4-6-20(19)67(21)18-9-7-14(8-10-18)22-26-28(36(54)44(62)42(60)34(26)52)23(29-27(22)35(53)43(61)45(63)37(29)55)15-11-16(24-30(48)38(56)46(64)39(57)31(24)49)13-17(12-15)25-32(50)40(58)47(65)41(59)33(25)51/h3-13H,2,48-65H2,1H3. The fourth-order valence-corrected chi connectivity index (χ4v) is 12.0. The Morgan fingerprint density at radius 1 is 0.343 bits per heavy atom. The van der Waals surface area contributed by atoms with Crippen molar-refractivity contribution >= 4 is 272 Å². The zero-order chi connectivity index (χ0) is 48.4. The van der Waals surface area contributed by atoms with E-state index in [9.17, 15) is 0 Å². The number of fused-ring (bicyclic) bond motifs is 3. The summed E-state index contributed by atoms with van der Waals surface area (Å²) in [6, 6.07) is 25.6. The summed E-state index contributed by atoms with van der Waals surface area (Å²) in [6.45, 7) is 2.20. The van der Waals surface area contributed by atoms with Crippen LogP contribution < -0.4 is 98.3 Å². The van der Waals surface area contributed by atoms with E-state index in [-0.39, 0.29) is 0 Å². The summed E-state index contributed by atoms with van der Waals surface area (Å²) in [4.78, 5) is 5.04. The van der Waals surface area contributed by atoms with E-state index in [4.69, 9.17) is 4.98 Å². The van der Waals surface area contributed by atoms with E-state index in [1.807, 2.05) is 0 Å². The summed E-state index contributed by atoms with van der Waals surface area (Å²) in [5.41, 5.74) is 38.5. The molecule has 0 N–H and O–H groups in total. The normalized spacial score (nSPS) is 11.6. The molecule has 0 radical (unpaired) electrons. The number of aryl methyl sites for hydroxylation is 1. The lowest BCUT2D eigenvalue weighted by molar-refractivity contribution is 0.908. The second kappa shape index (κ2) is 17.2. The maximum Gasteiger partial charge on any atom is 0.139 e. The van der Waals surface area contributed by atoms with Gasteiger partial charge in [0.2, 0.25) is 0 Å². The van der Waals surface area contributed by atoms with Crippen molar-refractivity contribution in [3.05, 3.63) is 72.6 Å². The molecule has 0 saturated heterocycles. The maximum atomic E-state index is 5.04. The van der Waals surface area contributed by atoms with Crippen molar-refractivity contribution in [3.8, 4) is 50.2 Å². The molecular weight excluding hydrogens is 787 g/mol. The quantitative estimate of drug-likeness (QED) is 0.120. The van der Waals surface area contributed by atoms with Crippen LogP contribution in [0, 0.1) is 0 Å². The lowest BCUT2D eigenvalue weighted by atomic mass is 9.58. The van der Waals surface area contributed by atoms with Crippen LogP contribution in [0.2, 0.25) is 0 Å². The van der Waals surface area contributed by atoms with E-state index in [0.29, 0.717) is 0 Å². The van der Waals surface area contributed by atoms with Crippen molar-refractivity contribution in [2.24, 2.45) is 0 Å². The van der Waals surface area contributed by atoms with Gasteiger partial charge in [0.15, 0.2) is 0 Å². The third-order valence-corrected chi connectivity index (χ3v) is 17.5. The smallest absolute Gasteiger partial charge is 0.139 e. The molecule has 2 nitrogen and oxygen atoms in total. The highest BCUT2D eigenvalue weighted by molar-refractivity contribution is 6.73. The molecule has 0 aliphatic carbocycles. The molecule has 0 aliphatic rings. The van der Waals surface area contributed by atoms with E-state index < -0.39 is 0 Å². The Morgan fingerprint density at radius 3 is 1.03 bits per heavy atom. The monoisotopic (exact) mass is 843 g/mol. The molecule has 304 valence electrons. The summed E-state index contributed by atoms with van der Waals surface area (Å²) >= 11 is 0. The molecule has 67 heavy (non-hydrogen) atoms. The van der Waals surface area contributed by atoms with Crippen molar-refractivity contribution in [2.45, 2.75) is 13.3 Å². The first-order valence-electron chi connectivity index (χ1n) is 24.6. The van der Waals surface area contributed by atoms with E-state index in [1.165, 1.54) is 164 Å². The van der Waals surface area contributed by atoms with Gasteiger partial charge < -0.3 is 0 Å². The molecule has 0 saturated carbocycles. The first-order chi connectivity index (χ1) is 31.7. The zero-order valence-corrected chi connectivity index (χ0v) is 44.0. The highest BCUT2D eigenvalue weighted by Crippen LogP contribution is 2.42. The number of para-hydroxylation sites is 2. The largest absolute Gasteiger partial charge is 0.296 e. The molecule has 0 bridgehead atoms. The van der Waals surface area contributed by atoms with Gasteiger partial charge >= 0.3 is 0 Å². The fourth-order valence-electron chi connectivity index (χ4n) is 12.0. The molecule has 0 unspecified atom stereocenters. The fraction of sp³-hybridized carbons (Fsp3) is 0.0426. The number of rotatable bonds is 6. The second-order valence-electron chi connectivity index (χ2n) is 20.3. The summed E-state index contributed by atoms with van der Waals surface area (Å²) in [5, 5.41) is 5.45. The van der Waals surface area contributed by atoms with Gasteiger partial charge in [0, 0.05) is 12.1 Å². The van der Waals surface area contributed by atoms with Gasteiger partial charge in [-0.15, -0.1) is 54.6 Å². The Balaban J connectivity index is 1.48. The number of imidazole rings is 1. The third kappa shape index (κ3) is 6.99. The molecule has 20 heteroatoms. The predicted molar refractivity (Wildman–Crippen MR) is 354 cm³/mol. The lowest BCUT2D eigenvalue weighted by Gasteiger charge is -2.29. The van der Waals surface area contributed by atoms with Crippen LogP contribution in [0.3, 0.4) is 0 Å². The number of aromatic nitrogens is 2. The molecule has 9 aromatic rings. The van der Waals surface area contributed by atoms with Crippen LogP contribution in [0.1, 0.15) is 12.7 Å². The van der Waals surface area contributed by atoms with Crippen molar-refractivity contribution in [1.82, 2.24) is 9.55 Å². The van der Waals surface area contributed by atoms with Crippen LogP contribution in [-0.4, -0.2) is 151 Å². The van der Waals surface area contributed by atoms with Crippen molar-refractivity contribution < 1.29 is 0 Å². The molecule has 0 amide bonds. The van der Waals surface area contributed by atoms with E-state index in [0.717, 1.165) is 29.0 Å². The van der Waals surface area contributed by atoms with Crippen LogP contribution in [0.4, 0.5) is 0 Å². The predicted octanol–water partition coefficient (Wildman–Crippen LogP) is -18.8. The summed E-state index contributed by atoms with van der Waals surface area (Å²) in [6.07, 6.45) is 0.856. The van der Waals surface area contributed by atoms with Gasteiger partial charge in [-0.1, -0.05) is 74.9 Å². The highest BCUT2D eigenvalue weighted by atomic mass is 15.1. The second-order valence-corrected chi connectivity index (χ2v) is 20.3. The van der Waals surface area contributed by atoms with Crippen molar-refractivity contribution in [1.29, 1.82) is 0 Å².